The second-order valence-corrected chi connectivity index (χ2v) is 6.47. The van der Waals surface area contributed by atoms with Gasteiger partial charge in [-0.2, -0.15) is 0 Å². The highest BCUT2D eigenvalue weighted by Crippen LogP contribution is 2.26. The van der Waals surface area contributed by atoms with Crippen LogP contribution < -0.4 is 10.2 Å². The highest BCUT2D eigenvalue weighted by Gasteiger charge is 2.21. The SMILES string of the molecule is CCC1CCCCN1c1ccc(NC(=O)Cc2ccccc2F)nc1. The zero-order valence-corrected chi connectivity index (χ0v) is 14.5. The first-order chi connectivity index (χ1) is 12.2. The molecule has 3 rings (SSSR count). The summed E-state index contributed by atoms with van der Waals surface area (Å²) < 4.78 is 13.6. The number of anilines is 2. The Morgan fingerprint density at radius 2 is 2.12 bits per heavy atom. The molecule has 25 heavy (non-hydrogen) atoms. The van der Waals surface area contributed by atoms with Crippen molar-refractivity contribution in [3.8, 4) is 0 Å². The lowest BCUT2D eigenvalue weighted by Gasteiger charge is -2.37. The van der Waals surface area contributed by atoms with E-state index < -0.39 is 0 Å². The summed E-state index contributed by atoms with van der Waals surface area (Å²) in [4.78, 5) is 18.9. The molecule has 0 saturated carbocycles. The minimum atomic E-state index is -0.364. The van der Waals surface area contributed by atoms with Crippen LogP contribution >= 0.6 is 0 Å². The Balaban J connectivity index is 1.62. The molecule has 132 valence electrons. The largest absolute Gasteiger partial charge is 0.367 e. The van der Waals surface area contributed by atoms with Gasteiger partial charge >= 0.3 is 0 Å². The molecule has 1 aromatic heterocycles. The van der Waals surface area contributed by atoms with Crippen LogP contribution in [0, 0.1) is 5.82 Å². The van der Waals surface area contributed by atoms with E-state index in [4.69, 9.17) is 0 Å². The van der Waals surface area contributed by atoms with Crippen molar-refractivity contribution >= 4 is 17.4 Å². The van der Waals surface area contributed by atoms with Crippen LogP contribution in [0.1, 0.15) is 38.2 Å². The van der Waals surface area contributed by atoms with Crippen LogP contribution in [0.2, 0.25) is 0 Å². The Bertz CT molecular complexity index is 717. The lowest BCUT2D eigenvalue weighted by molar-refractivity contribution is -0.115. The molecule has 1 aliphatic rings. The van der Waals surface area contributed by atoms with E-state index in [0.717, 1.165) is 18.7 Å². The average Bonchev–Trinajstić information content (AvgIpc) is 2.64. The molecular formula is C20H24FN3O. The Hall–Kier alpha value is -2.43. The molecule has 0 bridgehead atoms. The molecule has 1 unspecified atom stereocenters. The first kappa shape index (κ1) is 17.4. The van der Waals surface area contributed by atoms with Gasteiger partial charge in [-0.1, -0.05) is 25.1 Å². The molecular weight excluding hydrogens is 317 g/mol. The quantitative estimate of drug-likeness (QED) is 0.888. The molecule has 1 amide bonds. The van der Waals surface area contributed by atoms with Crippen molar-refractivity contribution in [2.45, 2.75) is 45.1 Å². The molecule has 0 radical (unpaired) electrons. The van der Waals surface area contributed by atoms with Crippen LogP contribution in [0.25, 0.3) is 0 Å². The predicted molar refractivity (Wildman–Crippen MR) is 98.2 cm³/mol. The van der Waals surface area contributed by atoms with Crippen LogP contribution in [-0.2, 0) is 11.2 Å². The molecule has 5 heteroatoms. The van der Waals surface area contributed by atoms with Crippen molar-refractivity contribution in [3.63, 3.8) is 0 Å². The van der Waals surface area contributed by atoms with E-state index in [1.165, 1.54) is 25.3 Å². The van der Waals surface area contributed by atoms with Crippen molar-refractivity contribution in [1.29, 1.82) is 0 Å². The topological polar surface area (TPSA) is 45.2 Å². The van der Waals surface area contributed by atoms with E-state index in [2.05, 4.69) is 22.1 Å². The summed E-state index contributed by atoms with van der Waals surface area (Å²) in [6.45, 7) is 3.27. The van der Waals surface area contributed by atoms with Gasteiger partial charge in [-0.25, -0.2) is 9.37 Å². The van der Waals surface area contributed by atoms with Crippen molar-refractivity contribution in [2.75, 3.05) is 16.8 Å². The van der Waals surface area contributed by atoms with E-state index in [1.54, 1.807) is 18.2 Å². The first-order valence-corrected chi connectivity index (χ1v) is 8.93. The van der Waals surface area contributed by atoms with Gasteiger partial charge in [-0.15, -0.1) is 0 Å². The number of carbonyl (C=O) groups is 1. The van der Waals surface area contributed by atoms with Gasteiger partial charge in [0, 0.05) is 12.6 Å². The van der Waals surface area contributed by atoms with Gasteiger partial charge in [-0.05, 0) is 49.4 Å². The van der Waals surface area contributed by atoms with Crippen LogP contribution in [0.15, 0.2) is 42.6 Å². The number of hydrogen-bond acceptors (Lipinski definition) is 3. The average molecular weight is 341 g/mol. The number of hydrogen-bond donors (Lipinski definition) is 1. The van der Waals surface area contributed by atoms with Gasteiger partial charge in [0.05, 0.1) is 18.3 Å². The van der Waals surface area contributed by atoms with Gasteiger partial charge in [-0.3, -0.25) is 4.79 Å². The zero-order chi connectivity index (χ0) is 17.6. The monoisotopic (exact) mass is 341 g/mol. The molecule has 1 atom stereocenters. The number of nitrogens with one attached hydrogen (secondary N) is 1. The number of nitrogens with zero attached hydrogens (tertiary/aromatic N) is 2. The van der Waals surface area contributed by atoms with Gasteiger partial charge in [0.15, 0.2) is 0 Å². The Kier molecular flexibility index (Phi) is 5.64. The van der Waals surface area contributed by atoms with Gasteiger partial charge in [0.1, 0.15) is 11.6 Å². The summed E-state index contributed by atoms with van der Waals surface area (Å²) in [7, 11) is 0. The molecule has 4 nitrogen and oxygen atoms in total. The summed E-state index contributed by atoms with van der Waals surface area (Å²) in [5.41, 5.74) is 1.48. The van der Waals surface area contributed by atoms with Crippen molar-refractivity contribution in [3.05, 3.63) is 54.0 Å². The Morgan fingerprint density at radius 1 is 1.28 bits per heavy atom. The van der Waals surface area contributed by atoms with Crippen LogP contribution in [0.4, 0.5) is 15.9 Å². The minimum Gasteiger partial charge on any atom is -0.367 e. The van der Waals surface area contributed by atoms with E-state index >= 15 is 0 Å². The van der Waals surface area contributed by atoms with Gasteiger partial charge in [0.25, 0.3) is 0 Å². The summed E-state index contributed by atoms with van der Waals surface area (Å²) >= 11 is 0. The maximum atomic E-state index is 13.6. The number of rotatable bonds is 5. The second kappa shape index (κ2) is 8.10. The minimum absolute atomic E-state index is 0.000137. The molecule has 2 heterocycles. The predicted octanol–water partition coefficient (Wildman–Crippen LogP) is 4.17. The highest BCUT2D eigenvalue weighted by molar-refractivity contribution is 5.91. The van der Waals surface area contributed by atoms with E-state index in [0.29, 0.717) is 17.4 Å². The molecule has 1 fully saturated rings. The third-order valence-corrected chi connectivity index (χ3v) is 4.75. The lowest BCUT2D eigenvalue weighted by Crippen LogP contribution is -2.39. The third kappa shape index (κ3) is 4.35. The number of amides is 1. The fraction of sp³-hybridized carbons (Fsp3) is 0.400. The number of benzene rings is 1. The lowest BCUT2D eigenvalue weighted by atomic mass is 9.99. The van der Waals surface area contributed by atoms with Crippen LogP contribution in [-0.4, -0.2) is 23.5 Å². The maximum Gasteiger partial charge on any atom is 0.230 e. The smallest absolute Gasteiger partial charge is 0.230 e. The van der Waals surface area contributed by atoms with Crippen LogP contribution in [0.5, 0.6) is 0 Å². The first-order valence-electron chi connectivity index (χ1n) is 8.93. The van der Waals surface area contributed by atoms with Crippen molar-refractivity contribution in [2.24, 2.45) is 0 Å². The number of aromatic nitrogens is 1. The van der Waals surface area contributed by atoms with Crippen LogP contribution in [0.3, 0.4) is 0 Å². The highest BCUT2D eigenvalue weighted by atomic mass is 19.1. The Labute approximate surface area is 148 Å². The number of halogens is 1. The zero-order valence-electron chi connectivity index (χ0n) is 14.5. The fourth-order valence-electron chi connectivity index (χ4n) is 3.40. The summed E-state index contributed by atoms with van der Waals surface area (Å²) in [5, 5.41) is 2.74. The van der Waals surface area contributed by atoms with E-state index in [1.807, 2.05) is 18.3 Å². The molecule has 0 spiro atoms. The number of pyridine rings is 1. The van der Waals surface area contributed by atoms with Gasteiger partial charge in [0.2, 0.25) is 5.91 Å². The second-order valence-electron chi connectivity index (χ2n) is 6.47. The Morgan fingerprint density at radius 3 is 2.84 bits per heavy atom. The summed E-state index contributed by atoms with van der Waals surface area (Å²) in [6, 6.07) is 10.7. The maximum absolute atomic E-state index is 13.6. The van der Waals surface area contributed by atoms with Gasteiger partial charge < -0.3 is 10.2 Å². The van der Waals surface area contributed by atoms with E-state index in [9.17, 15) is 9.18 Å². The summed E-state index contributed by atoms with van der Waals surface area (Å²) in [5.74, 6) is -0.137. The van der Waals surface area contributed by atoms with Crippen molar-refractivity contribution in [1.82, 2.24) is 4.98 Å². The number of carbonyl (C=O) groups excluding carboxylic acids is 1. The molecule has 1 saturated heterocycles. The molecule has 0 aliphatic carbocycles. The normalized spacial score (nSPS) is 17.4. The standard InChI is InChI=1S/C20H24FN3O/c1-2-16-8-5-6-12-24(16)17-10-11-19(22-14-17)23-20(25)13-15-7-3-4-9-18(15)21/h3-4,7,9-11,14,16H,2,5-6,8,12-13H2,1H3,(H,22,23,25). The summed E-state index contributed by atoms with van der Waals surface area (Å²) in [6.07, 6.45) is 6.65. The van der Waals surface area contributed by atoms with E-state index in [-0.39, 0.29) is 18.1 Å². The number of piperidine rings is 1. The molecule has 2 aromatic rings. The third-order valence-electron chi connectivity index (χ3n) is 4.75. The molecule has 1 aliphatic heterocycles. The molecule has 1 aromatic carbocycles. The van der Waals surface area contributed by atoms with Crippen molar-refractivity contribution < 1.29 is 9.18 Å². The fourth-order valence-corrected chi connectivity index (χ4v) is 3.40. The molecule has 1 N–H and O–H groups in total.